The predicted molar refractivity (Wildman–Crippen MR) is 76.3 cm³/mol. The Balaban J connectivity index is 2.24. The van der Waals surface area contributed by atoms with Crippen molar-refractivity contribution in [2.24, 2.45) is 17.1 Å². The maximum atomic E-state index is 11.9. The SMILES string of the molecule is CC1CCC(=O)N(CCCCC(C)(C)CN)CC1. The molecular weight excluding hydrogens is 224 g/mol. The van der Waals surface area contributed by atoms with Crippen molar-refractivity contribution in [2.45, 2.75) is 59.3 Å². The van der Waals surface area contributed by atoms with Gasteiger partial charge < -0.3 is 10.6 Å². The predicted octanol–water partition coefficient (Wildman–Crippen LogP) is 2.79. The van der Waals surface area contributed by atoms with Gasteiger partial charge in [0.2, 0.25) is 5.91 Å². The normalized spacial score (nSPS) is 22.1. The molecule has 0 aliphatic carbocycles. The number of carbonyl (C=O) groups is 1. The molecule has 1 fully saturated rings. The molecule has 1 amide bonds. The molecule has 3 heteroatoms. The monoisotopic (exact) mass is 254 g/mol. The average molecular weight is 254 g/mol. The van der Waals surface area contributed by atoms with Crippen LogP contribution in [-0.2, 0) is 4.79 Å². The van der Waals surface area contributed by atoms with E-state index in [4.69, 9.17) is 5.73 Å². The number of rotatable bonds is 6. The van der Waals surface area contributed by atoms with E-state index in [1.807, 2.05) is 0 Å². The zero-order valence-electron chi connectivity index (χ0n) is 12.4. The number of nitrogens with zero attached hydrogens (tertiary/aromatic N) is 1. The molecule has 2 N–H and O–H groups in total. The summed E-state index contributed by atoms with van der Waals surface area (Å²) in [6, 6.07) is 0. The Kier molecular flexibility index (Phi) is 6.13. The number of hydrogen-bond acceptors (Lipinski definition) is 2. The van der Waals surface area contributed by atoms with Crippen LogP contribution in [0.15, 0.2) is 0 Å². The van der Waals surface area contributed by atoms with Crippen molar-refractivity contribution in [1.29, 1.82) is 0 Å². The van der Waals surface area contributed by atoms with Crippen LogP contribution in [-0.4, -0.2) is 30.4 Å². The Bertz CT molecular complexity index is 263. The van der Waals surface area contributed by atoms with Crippen molar-refractivity contribution < 1.29 is 4.79 Å². The van der Waals surface area contributed by atoms with Gasteiger partial charge in [0.1, 0.15) is 0 Å². The van der Waals surface area contributed by atoms with Crippen molar-refractivity contribution in [3.63, 3.8) is 0 Å². The zero-order valence-corrected chi connectivity index (χ0v) is 12.4. The van der Waals surface area contributed by atoms with Gasteiger partial charge in [0.05, 0.1) is 0 Å². The zero-order chi connectivity index (χ0) is 13.6. The molecule has 1 aliphatic heterocycles. The Morgan fingerprint density at radius 1 is 1.33 bits per heavy atom. The molecule has 3 nitrogen and oxygen atoms in total. The molecule has 0 radical (unpaired) electrons. The summed E-state index contributed by atoms with van der Waals surface area (Å²) in [7, 11) is 0. The molecule has 1 atom stereocenters. The minimum absolute atomic E-state index is 0.247. The highest BCUT2D eigenvalue weighted by molar-refractivity contribution is 5.76. The molecule has 106 valence electrons. The van der Waals surface area contributed by atoms with Crippen molar-refractivity contribution in [2.75, 3.05) is 19.6 Å². The quantitative estimate of drug-likeness (QED) is 0.741. The second kappa shape index (κ2) is 7.13. The summed E-state index contributed by atoms with van der Waals surface area (Å²) in [5, 5.41) is 0. The van der Waals surface area contributed by atoms with E-state index in [0.717, 1.165) is 45.3 Å². The highest BCUT2D eigenvalue weighted by Gasteiger charge is 2.20. The molecule has 0 bridgehead atoms. The van der Waals surface area contributed by atoms with Crippen molar-refractivity contribution in [3.05, 3.63) is 0 Å². The van der Waals surface area contributed by atoms with E-state index >= 15 is 0 Å². The third kappa shape index (κ3) is 5.38. The lowest BCUT2D eigenvalue weighted by molar-refractivity contribution is -0.130. The summed E-state index contributed by atoms with van der Waals surface area (Å²) in [5.41, 5.74) is 5.97. The van der Waals surface area contributed by atoms with E-state index in [1.165, 1.54) is 12.8 Å². The molecule has 1 rings (SSSR count). The van der Waals surface area contributed by atoms with Gasteiger partial charge in [-0.25, -0.2) is 0 Å². The van der Waals surface area contributed by atoms with Crippen LogP contribution in [0, 0.1) is 11.3 Å². The second-order valence-electron chi connectivity index (χ2n) is 6.64. The molecule has 1 heterocycles. The number of amides is 1. The minimum atomic E-state index is 0.247. The molecule has 0 spiro atoms. The molecule has 0 aromatic carbocycles. The van der Waals surface area contributed by atoms with Crippen LogP contribution < -0.4 is 5.73 Å². The number of unbranched alkanes of at least 4 members (excludes halogenated alkanes) is 1. The summed E-state index contributed by atoms with van der Waals surface area (Å²) in [5.74, 6) is 1.06. The van der Waals surface area contributed by atoms with Crippen LogP contribution in [0.1, 0.15) is 59.3 Å². The Morgan fingerprint density at radius 2 is 2.06 bits per heavy atom. The summed E-state index contributed by atoms with van der Waals surface area (Å²) in [6.45, 7) is 9.32. The van der Waals surface area contributed by atoms with Crippen LogP contribution in [0.5, 0.6) is 0 Å². The van der Waals surface area contributed by atoms with E-state index < -0.39 is 0 Å². The average Bonchev–Trinajstić information content (AvgIpc) is 2.49. The molecule has 1 unspecified atom stereocenters. The lowest BCUT2D eigenvalue weighted by Crippen LogP contribution is -2.31. The third-order valence-corrected chi connectivity index (χ3v) is 4.18. The van der Waals surface area contributed by atoms with E-state index in [-0.39, 0.29) is 5.41 Å². The molecule has 0 saturated carbocycles. The fraction of sp³-hybridized carbons (Fsp3) is 0.933. The van der Waals surface area contributed by atoms with Gasteiger partial charge in [0.15, 0.2) is 0 Å². The summed E-state index contributed by atoms with van der Waals surface area (Å²) < 4.78 is 0. The topological polar surface area (TPSA) is 46.3 Å². The van der Waals surface area contributed by atoms with Gasteiger partial charge in [-0.3, -0.25) is 4.79 Å². The first kappa shape index (κ1) is 15.5. The second-order valence-corrected chi connectivity index (χ2v) is 6.64. The lowest BCUT2D eigenvalue weighted by atomic mass is 9.87. The van der Waals surface area contributed by atoms with Crippen molar-refractivity contribution in [1.82, 2.24) is 4.90 Å². The smallest absolute Gasteiger partial charge is 0.222 e. The Labute approximate surface area is 112 Å². The van der Waals surface area contributed by atoms with Crippen LogP contribution in [0.4, 0.5) is 0 Å². The van der Waals surface area contributed by atoms with Crippen molar-refractivity contribution in [3.8, 4) is 0 Å². The summed E-state index contributed by atoms with van der Waals surface area (Å²) >= 11 is 0. The number of nitrogens with two attached hydrogens (primary N) is 1. The number of carbonyl (C=O) groups excluding carboxylic acids is 1. The largest absolute Gasteiger partial charge is 0.343 e. The first-order valence-electron chi connectivity index (χ1n) is 7.42. The van der Waals surface area contributed by atoms with E-state index in [2.05, 4.69) is 25.7 Å². The van der Waals surface area contributed by atoms with Gasteiger partial charge in [-0.05, 0) is 43.6 Å². The lowest BCUT2D eigenvalue weighted by Gasteiger charge is -2.24. The molecule has 18 heavy (non-hydrogen) atoms. The maximum absolute atomic E-state index is 11.9. The standard InChI is InChI=1S/C15H30N2O/c1-13-6-7-14(18)17(11-8-13)10-5-4-9-15(2,3)12-16/h13H,4-12,16H2,1-3H3. The number of likely N-dealkylation sites (tertiary alicyclic amines) is 1. The van der Waals surface area contributed by atoms with Gasteiger partial charge in [-0.2, -0.15) is 0 Å². The third-order valence-electron chi connectivity index (χ3n) is 4.18. The fourth-order valence-corrected chi connectivity index (χ4v) is 2.42. The molecule has 0 aromatic heterocycles. The molecule has 0 aromatic rings. The Morgan fingerprint density at radius 3 is 2.72 bits per heavy atom. The first-order chi connectivity index (χ1) is 8.44. The van der Waals surface area contributed by atoms with Crippen LogP contribution in [0.2, 0.25) is 0 Å². The maximum Gasteiger partial charge on any atom is 0.222 e. The number of hydrogen-bond donors (Lipinski definition) is 1. The van der Waals surface area contributed by atoms with E-state index in [9.17, 15) is 4.79 Å². The van der Waals surface area contributed by atoms with Gasteiger partial charge in [-0.15, -0.1) is 0 Å². The van der Waals surface area contributed by atoms with Gasteiger partial charge in [-0.1, -0.05) is 27.2 Å². The van der Waals surface area contributed by atoms with E-state index in [1.54, 1.807) is 0 Å². The highest BCUT2D eigenvalue weighted by atomic mass is 16.2. The first-order valence-corrected chi connectivity index (χ1v) is 7.42. The summed E-state index contributed by atoms with van der Waals surface area (Å²) in [4.78, 5) is 14.0. The minimum Gasteiger partial charge on any atom is -0.343 e. The fourth-order valence-electron chi connectivity index (χ4n) is 2.42. The van der Waals surface area contributed by atoms with Gasteiger partial charge >= 0.3 is 0 Å². The van der Waals surface area contributed by atoms with Crippen molar-refractivity contribution >= 4 is 5.91 Å². The van der Waals surface area contributed by atoms with Crippen LogP contribution in [0.3, 0.4) is 0 Å². The van der Waals surface area contributed by atoms with E-state index in [0.29, 0.717) is 11.8 Å². The molecular formula is C15H30N2O. The van der Waals surface area contributed by atoms with Gasteiger partial charge in [0.25, 0.3) is 0 Å². The Hall–Kier alpha value is -0.570. The van der Waals surface area contributed by atoms with Gasteiger partial charge in [0, 0.05) is 19.5 Å². The molecule has 1 aliphatic rings. The summed E-state index contributed by atoms with van der Waals surface area (Å²) in [6.07, 6.45) is 6.42. The highest BCUT2D eigenvalue weighted by Crippen LogP contribution is 2.22. The van der Waals surface area contributed by atoms with Crippen LogP contribution >= 0.6 is 0 Å². The molecule has 1 saturated heterocycles. The van der Waals surface area contributed by atoms with Crippen LogP contribution in [0.25, 0.3) is 0 Å².